The van der Waals surface area contributed by atoms with Crippen LogP contribution in [0, 0.1) is 12.3 Å². The predicted molar refractivity (Wildman–Crippen MR) is 89.4 cm³/mol. The summed E-state index contributed by atoms with van der Waals surface area (Å²) in [4.78, 5) is 11.0. The molecule has 4 nitrogen and oxygen atoms in total. The molecule has 2 rings (SSSR count). The second-order valence-corrected chi connectivity index (χ2v) is 11.5. The van der Waals surface area contributed by atoms with Gasteiger partial charge in [-0.2, -0.15) is 0 Å². The molecule has 0 saturated carbocycles. The highest BCUT2D eigenvalue weighted by Crippen LogP contribution is 2.37. The van der Waals surface area contributed by atoms with E-state index in [1.165, 1.54) is 0 Å². The van der Waals surface area contributed by atoms with Gasteiger partial charge in [-0.3, -0.25) is 10.9 Å². The number of rotatable bonds is 3. The van der Waals surface area contributed by atoms with E-state index in [2.05, 4.69) is 44.7 Å². The molecule has 1 heterocycles. The van der Waals surface area contributed by atoms with E-state index in [4.69, 9.17) is 4.43 Å². The Morgan fingerprint density at radius 2 is 1.90 bits per heavy atom. The molecule has 0 radical (unpaired) electrons. The van der Waals surface area contributed by atoms with Crippen LogP contribution in [0.1, 0.15) is 31.9 Å². The first kappa shape index (κ1) is 15.7. The van der Waals surface area contributed by atoms with E-state index in [-0.39, 0.29) is 5.41 Å². The number of benzene rings is 1. The summed E-state index contributed by atoms with van der Waals surface area (Å²) < 4.78 is 6.37. The molecular formula is C16H24N2O2Si. The molecule has 1 aliphatic rings. The normalized spacial score (nSPS) is 14.1. The molecule has 0 saturated heterocycles. The van der Waals surface area contributed by atoms with Crippen LogP contribution in [-0.4, -0.2) is 14.3 Å². The van der Waals surface area contributed by atoms with E-state index < -0.39 is 8.32 Å². The first-order chi connectivity index (χ1) is 9.63. The summed E-state index contributed by atoms with van der Waals surface area (Å²) in [5.74, 6) is 2.81. The maximum Gasteiger partial charge on any atom is 0.245 e. The molecule has 0 aliphatic carbocycles. The highest BCUT2D eigenvalue weighted by atomic mass is 28.4. The lowest BCUT2D eigenvalue weighted by molar-refractivity contribution is 0.427. The van der Waals surface area contributed by atoms with Gasteiger partial charge < -0.3 is 4.43 Å². The Labute approximate surface area is 127 Å². The van der Waals surface area contributed by atoms with Crippen LogP contribution in [-0.2, 0) is 4.79 Å². The van der Waals surface area contributed by atoms with Gasteiger partial charge in [0.25, 0.3) is 0 Å². The molecule has 1 aliphatic heterocycles. The number of nitrogens with one attached hydrogen (secondary N) is 2. The van der Waals surface area contributed by atoms with Crippen molar-refractivity contribution in [3.05, 3.63) is 23.3 Å². The fourth-order valence-corrected chi connectivity index (χ4v) is 6.55. The minimum atomic E-state index is -1.82. The van der Waals surface area contributed by atoms with Crippen molar-refractivity contribution < 1.29 is 9.22 Å². The van der Waals surface area contributed by atoms with Crippen molar-refractivity contribution >= 4 is 25.6 Å². The molecule has 0 aromatic heterocycles. The zero-order valence-corrected chi connectivity index (χ0v) is 14.7. The van der Waals surface area contributed by atoms with Gasteiger partial charge in [0.05, 0.1) is 5.69 Å². The van der Waals surface area contributed by atoms with E-state index in [0.29, 0.717) is 5.70 Å². The molecule has 1 aromatic carbocycles. The van der Waals surface area contributed by atoms with Crippen molar-refractivity contribution in [2.75, 3.05) is 5.43 Å². The fraction of sp³-hybridized carbons (Fsp3) is 0.500. The van der Waals surface area contributed by atoms with Gasteiger partial charge in [-0.05, 0) is 43.6 Å². The van der Waals surface area contributed by atoms with Crippen LogP contribution in [0.25, 0.3) is 5.70 Å². The van der Waals surface area contributed by atoms with E-state index in [1.54, 1.807) is 0 Å². The molecule has 0 unspecified atom stereocenters. The summed E-state index contributed by atoms with van der Waals surface area (Å²) in [6.45, 7) is 13.2. The molecule has 21 heavy (non-hydrogen) atoms. The lowest BCUT2D eigenvalue weighted by Crippen LogP contribution is -2.38. The smallest absolute Gasteiger partial charge is 0.245 e. The van der Waals surface area contributed by atoms with Crippen molar-refractivity contribution in [2.45, 2.75) is 46.8 Å². The number of anilines is 1. The number of carbonyl (C=O) groups excluding carboxylic acids is 1. The van der Waals surface area contributed by atoms with Crippen LogP contribution in [0.5, 0.6) is 5.75 Å². The highest BCUT2D eigenvalue weighted by molar-refractivity contribution is 6.72. The first-order valence-corrected chi connectivity index (χ1v) is 10.3. The van der Waals surface area contributed by atoms with Gasteiger partial charge in [0.1, 0.15) is 11.4 Å². The van der Waals surface area contributed by atoms with Crippen LogP contribution in [0.3, 0.4) is 0 Å². The second-order valence-electron chi connectivity index (χ2n) is 7.44. The van der Waals surface area contributed by atoms with Gasteiger partial charge in [0.2, 0.25) is 8.32 Å². The SMILES string of the molecule is Cc1c(O[Si](C)(C)CC(C)(C)C)ccc2c1C(=C=O)NN2. The van der Waals surface area contributed by atoms with Gasteiger partial charge in [0.15, 0.2) is 5.94 Å². The van der Waals surface area contributed by atoms with Crippen molar-refractivity contribution in [1.29, 1.82) is 0 Å². The van der Waals surface area contributed by atoms with Crippen LogP contribution in [0.15, 0.2) is 12.1 Å². The van der Waals surface area contributed by atoms with Crippen molar-refractivity contribution in [3.63, 3.8) is 0 Å². The fourth-order valence-electron chi connectivity index (χ4n) is 3.11. The quantitative estimate of drug-likeness (QED) is 0.660. The Morgan fingerprint density at radius 3 is 2.48 bits per heavy atom. The summed E-state index contributed by atoms with van der Waals surface area (Å²) in [6.07, 6.45) is 0. The molecular weight excluding hydrogens is 280 g/mol. The third kappa shape index (κ3) is 3.49. The molecule has 0 fully saturated rings. The summed E-state index contributed by atoms with van der Waals surface area (Å²) >= 11 is 0. The summed E-state index contributed by atoms with van der Waals surface area (Å²) in [5, 5.41) is 0. The lowest BCUT2D eigenvalue weighted by atomic mass is 10.0. The Morgan fingerprint density at radius 1 is 1.24 bits per heavy atom. The molecule has 0 spiro atoms. The number of hydrazine groups is 1. The molecule has 114 valence electrons. The van der Waals surface area contributed by atoms with Crippen LogP contribution < -0.4 is 15.3 Å². The second kappa shape index (κ2) is 5.24. The topological polar surface area (TPSA) is 50.4 Å². The summed E-state index contributed by atoms with van der Waals surface area (Å²) in [6, 6.07) is 4.99. The van der Waals surface area contributed by atoms with Gasteiger partial charge in [-0.25, -0.2) is 4.79 Å². The molecule has 0 bridgehead atoms. The Kier molecular flexibility index (Phi) is 3.91. The number of hydrogen-bond acceptors (Lipinski definition) is 4. The molecule has 2 N–H and O–H groups in total. The number of hydrogen-bond donors (Lipinski definition) is 2. The van der Waals surface area contributed by atoms with Crippen LogP contribution in [0.4, 0.5) is 5.69 Å². The third-order valence-electron chi connectivity index (χ3n) is 3.43. The van der Waals surface area contributed by atoms with Gasteiger partial charge in [0, 0.05) is 11.1 Å². The molecule has 0 atom stereocenters. The van der Waals surface area contributed by atoms with E-state index in [1.807, 2.05) is 25.0 Å². The zero-order chi connectivity index (χ0) is 15.8. The van der Waals surface area contributed by atoms with E-state index >= 15 is 0 Å². The van der Waals surface area contributed by atoms with E-state index in [9.17, 15) is 4.79 Å². The third-order valence-corrected chi connectivity index (χ3v) is 6.12. The zero-order valence-electron chi connectivity index (χ0n) is 13.7. The first-order valence-electron chi connectivity index (χ1n) is 7.23. The minimum Gasteiger partial charge on any atom is -0.544 e. The Hall–Kier alpha value is -1.71. The monoisotopic (exact) mass is 304 g/mol. The van der Waals surface area contributed by atoms with Crippen molar-refractivity contribution in [2.24, 2.45) is 5.41 Å². The van der Waals surface area contributed by atoms with Gasteiger partial charge in [-0.15, -0.1) is 0 Å². The standard InChI is InChI=1S/C16H24N2O2Si/c1-11-14(20-21(5,6)10-16(2,3)4)8-7-12-15(11)13(9-19)18-17-12/h7-8,17-18H,10H2,1-6H3. The van der Waals surface area contributed by atoms with Crippen LogP contribution in [0.2, 0.25) is 19.1 Å². The van der Waals surface area contributed by atoms with E-state index in [0.717, 1.165) is 28.6 Å². The average Bonchev–Trinajstić information content (AvgIpc) is 2.73. The number of fused-ring (bicyclic) bond motifs is 1. The van der Waals surface area contributed by atoms with Crippen molar-refractivity contribution in [3.8, 4) is 5.75 Å². The molecule has 5 heteroatoms. The minimum absolute atomic E-state index is 0.247. The summed E-state index contributed by atoms with van der Waals surface area (Å²) in [7, 11) is -1.82. The maximum absolute atomic E-state index is 11.0. The van der Waals surface area contributed by atoms with Crippen molar-refractivity contribution in [1.82, 2.24) is 5.43 Å². The largest absolute Gasteiger partial charge is 0.544 e. The lowest BCUT2D eigenvalue weighted by Gasteiger charge is -2.31. The average molecular weight is 304 g/mol. The molecule has 1 aromatic rings. The Balaban J connectivity index is 2.33. The highest BCUT2D eigenvalue weighted by Gasteiger charge is 2.32. The van der Waals surface area contributed by atoms with Crippen LogP contribution >= 0.6 is 0 Å². The molecule has 0 amide bonds. The maximum atomic E-state index is 11.0. The predicted octanol–water partition coefficient (Wildman–Crippen LogP) is 3.73. The van der Waals surface area contributed by atoms with Gasteiger partial charge >= 0.3 is 0 Å². The summed E-state index contributed by atoms with van der Waals surface area (Å²) in [5.41, 5.74) is 9.26. The Bertz CT molecular complexity index is 611. The van der Waals surface area contributed by atoms with Gasteiger partial charge in [-0.1, -0.05) is 20.8 Å².